The third kappa shape index (κ3) is 5.24. The van der Waals surface area contributed by atoms with Crippen LogP contribution < -0.4 is 21.7 Å². The molecular formula is C14H21ClN4O2. The molecule has 2 unspecified atom stereocenters. The van der Waals surface area contributed by atoms with Crippen LogP contribution in [0.25, 0.3) is 0 Å². The minimum absolute atomic E-state index is 0. The molecule has 3 amide bonds. The van der Waals surface area contributed by atoms with E-state index in [1.54, 1.807) is 24.3 Å². The van der Waals surface area contributed by atoms with Crippen molar-refractivity contribution in [3.05, 3.63) is 29.8 Å². The predicted octanol–water partition coefficient (Wildman–Crippen LogP) is 1.47. The van der Waals surface area contributed by atoms with Crippen LogP contribution in [0.5, 0.6) is 0 Å². The van der Waals surface area contributed by atoms with Crippen LogP contribution in [0.4, 0.5) is 10.5 Å². The van der Waals surface area contributed by atoms with E-state index in [0.717, 1.165) is 19.4 Å². The highest BCUT2D eigenvalue weighted by Crippen LogP contribution is 2.13. The minimum Gasteiger partial charge on any atom is -0.351 e. The number of hydrogen-bond donors (Lipinski definition) is 4. The molecule has 1 heterocycles. The Morgan fingerprint density at radius 2 is 2.14 bits per heavy atom. The Balaban J connectivity index is 0.00000220. The summed E-state index contributed by atoms with van der Waals surface area (Å²) in [4.78, 5) is 23.0. The molecule has 1 aliphatic rings. The fourth-order valence-electron chi connectivity index (χ4n) is 2.41. The van der Waals surface area contributed by atoms with Gasteiger partial charge in [-0.25, -0.2) is 4.79 Å². The molecule has 2 rings (SSSR count). The Hall–Kier alpha value is -1.79. The summed E-state index contributed by atoms with van der Waals surface area (Å²) in [6, 6.07) is 6.69. The molecule has 116 valence electrons. The van der Waals surface area contributed by atoms with Crippen molar-refractivity contribution in [1.82, 2.24) is 10.6 Å². The number of halogens is 1. The van der Waals surface area contributed by atoms with Crippen LogP contribution in [-0.2, 0) is 0 Å². The van der Waals surface area contributed by atoms with E-state index in [1.807, 2.05) is 0 Å². The zero-order valence-electron chi connectivity index (χ0n) is 11.9. The van der Waals surface area contributed by atoms with Gasteiger partial charge in [0, 0.05) is 23.3 Å². The number of nitrogens with one attached hydrogen (secondary N) is 3. The second-order valence-electron chi connectivity index (χ2n) is 5.12. The molecule has 21 heavy (non-hydrogen) atoms. The van der Waals surface area contributed by atoms with Crippen molar-refractivity contribution in [3.63, 3.8) is 0 Å². The summed E-state index contributed by atoms with van der Waals surface area (Å²) in [6.45, 7) is 3.02. The van der Waals surface area contributed by atoms with Gasteiger partial charge < -0.3 is 21.7 Å². The van der Waals surface area contributed by atoms with Gasteiger partial charge in [-0.15, -0.1) is 12.4 Å². The van der Waals surface area contributed by atoms with Crippen LogP contribution in [0.15, 0.2) is 24.3 Å². The van der Waals surface area contributed by atoms with Crippen molar-refractivity contribution in [3.8, 4) is 0 Å². The second kappa shape index (κ2) is 7.85. The first kappa shape index (κ1) is 17.3. The fourth-order valence-corrected chi connectivity index (χ4v) is 2.41. The van der Waals surface area contributed by atoms with Gasteiger partial charge in [-0.2, -0.15) is 0 Å². The lowest BCUT2D eigenvalue weighted by Crippen LogP contribution is -2.46. The number of nitrogens with two attached hydrogens (primary N) is 1. The summed E-state index contributed by atoms with van der Waals surface area (Å²) >= 11 is 0. The zero-order valence-corrected chi connectivity index (χ0v) is 12.7. The molecule has 0 saturated carbocycles. The van der Waals surface area contributed by atoms with E-state index in [-0.39, 0.29) is 24.4 Å². The smallest absolute Gasteiger partial charge is 0.316 e. The molecule has 1 aromatic carbocycles. The number of carbonyl (C=O) groups is 2. The molecule has 0 spiro atoms. The van der Waals surface area contributed by atoms with Crippen LogP contribution in [0.2, 0.25) is 0 Å². The van der Waals surface area contributed by atoms with Gasteiger partial charge in [0.2, 0.25) is 0 Å². The third-order valence-electron chi connectivity index (χ3n) is 3.35. The molecule has 7 heteroatoms. The summed E-state index contributed by atoms with van der Waals surface area (Å²) in [5, 5.41) is 8.83. The van der Waals surface area contributed by atoms with Crippen LogP contribution in [-0.4, -0.2) is 30.6 Å². The Morgan fingerprint density at radius 3 is 2.81 bits per heavy atom. The van der Waals surface area contributed by atoms with Crippen molar-refractivity contribution < 1.29 is 9.59 Å². The van der Waals surface area contributed by atoms with Crippen LogP contribution >= 0.6 is 12.4 Å². The molecule has 0 aliphatic carbocycles. The van der Waals surface area contributed by atoms with Gasteiger partial charge in [0.15, 0.2) is 0 Å². The molecule has 1 fully saturated rings. The molecule has 0 radical (unpaired) electrons. The van der Waals surface area contributed by atoms with Gasteiger partial charge in [-0.05, 0) is 44.5 Å². The second-order valence-corrected chi connectivity index (χ2v) is 5.12. The Kier molecular flexibility index (Phi) is 6.45. The predicted molar refractivity (Wildman–Crippen MR) is 84.8 cm³/mol. The van der Waals surface area contributed by atoms with Crippen LogP contribution in [0.1, 0.15) is 30.1 Å². The SMILES string of the molecule is CC1CC(NC(=O)c2cccc(NC(N)=O)c2)CCN1.Cl. The molecule has 2 atom stereocenters. The maximum absolute atomic E-state index is 12.2. The summed E-state index contributed by atoms with van der Waals surface area (Å²) in [5.74, 6) is -0.128. The lowest BCUT2D eigenvalue weighted by atomic mass is 10.0. The van der Waals surface area contributed by atoms with Crippen LogP contribution in [0, 0.1) is 0 Å². The van der Waals surface area contributed by atoms with E-state index < -0.39 is 6.03 Å². The van der Waals surface area contributed by atoms with Gasteiger partial charge >= 0.3 is 6.03 Å². The molecule has 0 bridgehead atoms. The van der Waals surface area contributed by atoms with Gasteiger partial charge in [0.25, 0.3) is 5.91 Å². The van der Waals surface area contributed by atoms with E-state index in [4.69, 9.17) is 5.73 Å². The standard InChI is InChI=1S/C14H20N4O2.ClH/c1-9-7-12(5-6-16-9)17-13(19)10-3-2-4-11(8-10)18-14(15)20;/h2-4,8-9,12,16H,5-7H2,1H3,(H,17,19)(H3,15,18,20);1H. The number of hydrogen-bond acceptors (Lipinski definition) is 3. The highest BCUT2D eigenvalue weighted by atomic mass is 35.5. The first-order valence-corrected chi connectivity index (χ1v) is 6.75. The normalized spacial score (nSPS) is 21.0. The summed E-state index contributed by atoms with van der Waals surface area (Å²) < 4.78 is 0. The number of carbonyl (C=O) groups excluding carboxylic acids is 2. The maximum atomic E-state index is 12.2. The van der Waals surface area contributed by atoms with E-state index in [9.17, 15) is 9.59 Å². The summed E-state index contributed by atoms with van der Waals surface area (Å²) in [5.41, 5.74) is 6.09. The zero-order chi connectivity index (χ0) is 14.5. The molecule has 5 N–H and O–H groups in total. The number of piperidine rings is 1. The van der Waals surface area contributed by atoms with Crippen molar-refractivity contribution in [2.24, 2.45) is 5.73 Å². The van der Waals surface area contributed by atoms with Crippen molar-refractivity contribution >= 4 is 30.0 Å². The molecule has 1 aliphatic heterocycles. The van der Waals surface area contributed by atoms with Crippen molar-refractivity contribution in [2.75, 3.05) is 11.9 Å². The van der Waals surface area contributed by atoms with E-state index in [2.05, 4.69) is 22.9 Å². The van der Waals surface area contributed by atoms with E-state index in [1.165, 1.54) is 0 Å². The molecule has 1 saturated heterocycles. The van der Waals surface area contributed by atoms with Gasteiger partial charge in [0.1, 0.15) is 0 Å². The Morgan fingerprint density at radius 1 is 1.38 bits per heavy atom. The molecular weight excluding hydrogens is 292 g/mol. The number of rotatable bonds is 3. The molecule has 1 aromatic rings. The largest absolute Gasteiger partial charge is 0.351 e. The molecule has 0 aromatic heterocycles. The average Bonchev–Trinajstić information content (AvgIpc) is 2.38. The Labute approximate surface area is 130 Å². The Bertz CT molecular complexity index is 510. The number of amides is 3. The van der Waals surface area contributed by atoms with Gasteiger partial charge in [-0.3, -0.25) is 4.79 Å². The lowest BCUT2D eigenvalue weighted by Gasteiger charge is -2.28. The maximum Gasteiger partial charge on any atom is 0.316 e. The van der Waals surface area contributed by atoms with E-state index in [0.29, 0.717) is 17.3 Å². The number of benzene rings is 1. The lowest BCUT2D eigenvalue weighted by molar-refractivity contribution is 0.0925. The van der Waals surface area contributed by atoms with E-state index >= 15 is 0 Å². The van der Waals surface area contributed by atoms with Crippen molar-refractivity contribution in [1.29, 1.82) is 0 Å². The topological polar surface area (TPSA) is 96.2 Å². The first-order valence-electron chi connectivity index (χ1n) is 6.75. The number of anilines is 1. The minimum atomic E-state index is -0.644. The van der Waals surface area contributed by atoms with Gasteiger partial charge in [0.05, 0.1) is 0 Å². The monoisotopic (exact) mass is 312 g/mol. The quantitative estimate of drug-likeness (QED) is 0.680. The van der Waals surface area contributed by atoms with Crippen molar-refractivity contribution in [2.45, 2.75) is 31.8 Å². The fraction of sp³-hybridized carbons (Fsp3) is 0.429. The van der Waals surface area contributed by atoms with Crippen LogP contribution in [0.3, 0.4) is 0 Å². The first-order chi connectivity index (χ1) is 9.54. The number of primary amides is 1. The van der Waals surface area contributed by atoms with Gasteiger partial charge in [-0.1, -0.05) is 6.07 Å². The third-order valence-corrected chi connectivity index (χ3v) is 3.35. The highest BCUT2D eigenvalue weighted by molar-refractivity contribution is 5.96. The highest BCUT2D eigenvalue weighted by Gasteiger charge is 2.20. The summed E-state index contributed by atoms with van der Waals surface area (Å²) in [7, 11) is 0. The number of urea groups is 1. The average molecular weight is 313 g/mol. The molecule has 6 nitrogen and oxygen atoms in total. The summed E-state index contributed by atoms with van der Waals surface area (Å²) in [6.07, 6.45) is 1.85.